The SMILES string of the molecule is O=C(NC1(c2ccccc2)CC1)c1ccccn1. The van der Waals surface area contributed by atoms with Crippen LogP contribution in [0.25, 0.3) is 0 Å². The van der Waals surface area contributed by atoms with Gasteiger partial charge in [0, 0.05) is 6.20 Å². The number of hydrogen-bond donors (Lipinski definition) is 1. The summed E-state index contributed by atoms with van der Waals surface area (Å²) in [6, 6.07) is 15.5. The quantitative estimate of drug-likeness (QED) is 0.892. The second kappa shape index (κ2) is 4.26. The van der Waals surface area contributed by atoms with Gasteiger partial charge in [-0.3, -0.25) is 9.78 Å². The first-order chi connectivity index (χ1) is 8.80. The van der Waals surface area contributed by atoms with E-state index in [-0.39, 0.29) is 11.4 Å². The maximum atomic E-state index is 12.1. The smallest absolute Gasteiger partial charge is 0.270 e. The molecule has 90 valence electrons. The standard InChI is InChI=1S/C15H14N2O/c18-14(13-8-4-5-11-16-13)17-15(9-10-15)12-6-2-1-3-7-12/h1-8,11H,9-10H2,(H,17,18). The van der Waals surface area contributed by atoms with Crippen LogP contribution in [0.3, 0.4) is 0 Å². The van der Waals surface area contributed by atoms with Gasteiger partial charge in [0.25, 0.3) is 5.91 Å². The van der Waals surface area contributed by atoms with Crippen LogP contribution in [0.1, 0.15) is 28.9 Å². The fraction of sp³-hybridized carbons (Fsp3) is 0.200. The Kier molecular flexibility index (Phi) is 2.59. The maximum Gasteiger partial charge on any atom is 0.270 e. The molecule has 1 aliphatic carbocycles. The predicted octanol–water partition coefficient (Wildman–Crippen LogP) is 2.50. The van der Waals surface area contributed by atoms with Crippen LogP contribution < -0.4 is 5.32 Å². The van der Waals surface area contributed by atoms with Crippen molar-refractivity contribution in [3.63, 3.8) is 0 Å². The molecule has 0 bridgehead atoms. The Hall–Kier alpha value is -2.16. The van der Waals surface area contributed by atoms with Crippen molar-refractivity contribution in [1.82, 2.24) is 10.3 Å². The van der Waals surface area contributed by atoms with E-state index in [9.17, 15) is 4.79 Å². The Morgan fingerprint density at radius 2 is 1.78 bits per heavy atom. The van der Waals surface area contributed by atoms with Crippen LogP contribution in [0.15, 0.2) is 54.7 Å². The summed E-state index contributed by atoms with van der Waals surface area (Å²) in [5.41, 5.74) is 1.48. The molecule has 0 aliphatic heterocycles. The van der Waals surface area contributed by atoms with E-state index in [1.165, 1.54) is 5.56 Å². The highest BCUT2D eigenvalue weighted by atomic mass is 16.2. The van der Waals surface area contributed by atoms with Gasteiger partial charge in [-0.1, -0.05) is 36.4 Å². The third-order valence-electron chi connectivity index (χ3n) is 3.33. The van der Waals surface area contributed by atoms with Gasteiger partial charge in [0.2, 0.25) is 0 Å². The van der Waals surface area contributed by atoms with Gasteiger partial charge in [-0.15, -0.1) is 0 Å². The van der Waals surface area contributed by atoms with Crippen LogP contribution in [0.4, 0.5) is 0 Å². The molecule has 0 radical (unpaired) electrons. The molecule has 3 nitrogen and oxygen atoms in total. The topological polar surface area (TPSA) is 42.0 Å². The second-order valence-corrected chi connectivity index (χ2v) is 4.62. The Morgan fingerprint density at radius 1 is 1.06 bits per heavy atom. The molecule has 1 aliphatic rings. The van der Waals surface area contributed by atoms with E-state index in [0.29, 0.717) is 5.69 Å². The van der Waals surface area contributed by atoms with Gasteiger partial charge >= 0.3 is 0 Å². The van der Waals surface area contributed by atoms with Crippen molar-refractivity contribution < 1.29 is 4.79 Å². The zero-order valence-electron chi connectivity index (χ0n) is 9.97. The predicted molar refractivity (Wildman–Crippen MR) is 69.1 cm³/mol. The fourth-order valence-electron chi connectivity index (χ4n) is 2.15. The molecule has 1 aromatic carbocycles. The summed E-state index contributed by atoms with van der Waals surface area (Å²) in [4.78, 5) is 16.2. The molecule has 1 saturated carbocycles. The van der Waals surface area contributed by atoms with Gasteiger partial charge < -0.3 is 5.32 Å². The molecule has 0 atom stereocenters. The average Bonchev–Trinajstić information content (AvgIpc) is 3.22. The number of carbonyl (C=O) groups is 1. The molecule has 1 fully saturated rings. The van der Waals surface area contributed by atoms with E-state index < -0.39 is 0 Å². The molecule has 2 aromatic rings. The van der Waals surface area contributed by atoms with Crippen LogP contribution in [-0.4, -0.2) is 10.9 Å². The lowest BCUT2D eigenvalue weighted by atomic mass is 10.0. The highest BCUT2D eigenvalue weighted by Crippen LogP contribution is 2.45. The lowest BCUT2D eigenvalue weighted by Crippen LogP contribution is -2.35. The first kappa shape index (κ1) is 11.0. The van der Waals surface area contributed by atoms with Crippen LogP contribution in [0.2, 0.25) is 0 Å². The van der Waals surface area contributed by atoms with Crippen LogP contribution in [0, 0.1) is 0 Å². The molecule has 0 spiro atoms. The van der Waals surface area contributed by atoms with Gasteiger partial charge in [0.1, 0.15) is 5.69 Å². The number of nitrogens with one attached hydrogen (secondary N) is 1. The summed E-state index contributed by atoms with van der Waals surface area (Å²) >= 11 is 0. The lowest BCUT2D eigenvalue weighted by molar-refractivity contribution is 0.0926. The number of hydrogen-bond acceptors (Lipinski definition) is 2. The Morgan fingerprint density at radius 3 is 2.39 bits per heavy atom. The number of amides is 1. The van der Waals surface area contributed by atoms with E-state index >= 15 is 0 Å². The molecule has 3 rings (SSSR count). The van der Waals surface area contributed by atoms with Crippen LogP contribution in [-0.2, 0) is 5.54 Å². The number of nitrogens with zero attached hydrogens (tertiary/aromatic N) is 1. The van der Waals surface area contributed by atoms with E-state index in [0.717, 1.165) is 12.8 Å². The summed E-state index contributed by atoms with van der Waals surface area (Å²) in [5, 5.41) is 3.10. The van der Waals surface area contributed by atoms with Gasteiger partial charge in [-0.25, -0.2) is 0 Å². The molecular weight excluding hydrogens is 224 g/mol. The molecule has 1 amide bonds. The van der Waals surface area contributed by atoms with E-state index in [2.05, 4.69) is 22.4 Å². The normalized spacial score (nSPS) is 16.0. The molecule has 1 N–H and O–H groups in total. The summed E-state index contributed by atoms with van der Waals surface area (Å²) < 4.78 is 0. The summed E-state index contributed by atoms with van der Waals surface area (Å²) in [7, 11) is 0. The highest BCUT2D eigenvalue weighted by Gasteiger charge is 2.45. The largest absolute Gasteiger partial charge is 0.341 e. The Bertz CT molecular complexity index is 547. The minimum Gasteiger partial charge on any atom is -0.341 e. The van der Waals surface area contributed by atoms with Crippen molar-refractivity contribution >= 4 is 5.91 Å². The van der Waals surface area contributed by atoms with Crippen molar-refractivity contribution in [2.24, 2.45) is 0 Å². The fourth-order valence-corrected chi connectivity index (χ4v) is 2.15. The zero-order valence-corrected chi connectivity index (χ0v) is 9.97. The lowest BCUT2D eigenvalue weighted by Gasteiger charge is -2.17. The highest BCUT2D eigenvalue weighted by molar-refractivity contribution is 5.93. The third kappa shape index (κ3) is 1.99. The third-order valence-corrected chi connectivity index (χ3v) is 3.33. The van der Waals surface area contributed by atoms with E-state index in [1.807, 2.05) is 24.3 Å². The van der Waals surface area contributed by atoms with Crippen LogP contribution >= 0.6 is 0 Å². The summed E-state index contributed by atoms with van der Waals surface area (Å²) in [6.07, 6.45) is 3.63. The summed E-state index contributed by atoms with van der Waals surface area (Å²) in [6.45, 7) is 0. The number of rotatable bonds is 3. The minimum atomic E-state index is -0.171. The molecule has 1 heterocycles. The van der Waals surface area contributed by atoms with Crippen LogP contribution in [0.5, 0.6) is 0 Å². The molecule has 1 aromatic heterocycles. The van der Waals surface area contributed by atoms with Crippen molar-refractivity contribution in [2.45, 2.75) is 18.4 Å². The number of carbonyl (C=O) groups excluding carboxylic acids is 1. The van der Waals surface area contributed by atoms with Crippen molar-refractivity contribution in [3.8, 4) is 0 Å². The Labute approximate surface area is 106 Å². The second-order valence-electron chi connectivity index (χ2n) is 4.62. The molecule has 3 heteroatoms. The van der Waals surface area contributed by atoms with Crippen molar-refractivity contribution in [1.29, 1.82) is 0 Å². The van der Waals surface area contributed by atoms with E-state index in [1.54, 1.807) is 18.3 Å². The first-order valence-electron chi connectivity index (χ1n) is 6.09. The number of aromatic nitrogens is 1. The maximum absolute atomic E-state index is 12.1. The Balaban J connectivity index is 1.80. The summed E-state index contributed by atoms with van der Waals surface area (Å²) in [5.74, 6) is -0.100. The van der Waals surface area contributed by atoms with Gasteiger partial charge in [0.05, 0.1) is 5.54 Å². The van der Waals surface area contributed by atoms with Gasteiger partial charge in [0.15, 0.2) is 0 Å². The molecule has 0 saturated heterocycles. The average molecular weight is 238 g/mol. The molecule has 0 unspecified atom stereocenters. The zero-order chi connectivity index (χ0) is 12.4. The molecular formula is C15H14N2O. The number of pyridine rings is 1. The van der Waals surface area contributed by atoms with E-state index in [4.69, 9.17) is 0 Å². The van der Waals surface area contributed by atoms with Gasteiger partial charge in [-0.2, -0.15) is 0 Å². The van der Waals surface area contributed by atoms with Crippen molar-refractivity contribution in [2.75, 3.05) is 0 Å². The minimum absolute atomic E-state index is 0.100. The number of benzene rings is 1. The monoisotopic (exact) mass is 238 g/mol. The first-order valence-corrected chi connectivity index (χ1v) is 6.09. The van der Waals surface area contributed by atoms with Gasteiger partial charge in [-0.05, 0) is 30.5 Å². The van der Waals surface area contributed by atoms with Crippen molar-refractivity contribution in [3.05, 3.63) is 66.0 Å². The molecule has 18 heavy (non-hydrogen) atoms.